The Labute approximate surface area is 177 Å². The van der Waals surface area contributed by atoms with Crippen LogP contribution >= 0.6 is 11.6 Å². The van der Waals surface area contributed by atoms with E-state index < -0.39 is 17.8 Å². The van der Waals surface area contributed by atoms with Gasteiger partial charge in [0.1, 0.15) is 17.3 Å². The van der Waals surface area contributed by atoms with Crippen LogP contribution in [0, 0.1) is 5.82 Å². The summed E-state index contributed by atoms with van der Waals surface area (Å²) in [6.07, 6.45) is 1.63. The molecule has 2 heterocycles. The number of methoxy groups -OCH3 is 2. The number of hydrazone groups is 1. The highest BCUT2D eigenvalue weighted by molar-refractivity contribution is 6.31. The van der Waals surface area contributed by atoms with E-state index in [4.69, 9.17) is 25.5 Å². The number of carbonyl (C=O) groups excluding carboxylic acids is 1. The third-order valence-electron chi connectivity index (χ3n) is 4.90. The fourth-order valence-electron chi connectivity index (χ4n) is 3.47. The summed E-state index contributed by atoms with van der Waals surface area (Å²) in [7, 11) is 3.09. The maximum Gasteiger partial charge on any atom is 0.310 e. The van der Waals surface area contributed by atoms with Gasteiger partial charge in [0.25, 0.3) is 0 Å². The van der Waals surface area contributed by atoms with Crippen molar-refractivity contribution in [1.29, 1.82) is 0 Å². The molecule has 0 aliphatic carbocycles. The molecule has 0 unspecified atom stereocenters. The molecule has 0 bridgehead atoms. The quantitative estimate of drug-likeness (QED) is 0.568. The van der Waals surface area contributed by atoms with Crippen molar-refractivity contribution in [3.8, 4) is 11.5 Å². The third-order valence-corrected chi connectivity index (χ3v) is 5.23. The zero-order valence-corrected chi connectivity index (χ0v) is 17.0. The summed E-state index contributed by atoms with van der Waals surface area (Å²) in [5.74, 6) is 0.236. The molecular formula is C22H18ClFN2O4. The van der Waals surface area contributed by atoms with Crippen LogP contribution in [0.5, 0.6) is 11.5 Å². The van der Waals surface area contributed by atoms with Gasteiger partial charge >= 0.3 is 5.91 Å². The Balaban J connectivity index is 1.83. The van der Waals surface area contributed by atoms with E-state index in [1.54, 1.807) is 37.4 Å². The molecule has 1 aliphatic heterocycles. The van der Waals surface area contributed by atoms with Crippen LogP contribution in [-0.2, 0) is 0 Å². The van der Waals surface area contributed by atoms with Gasteiger partial charge in [-0.25, -0.2) is 9.40 Å². The smallest absolute Gasteiger partial charge is 0.310 e. The summed E-state index contributed by atoms with van der Waals surface area (Å²) in [4.78, 5) is 13.1. The molecule has 0 saturated carbocycles. The predicted octanol–water partition coefficient (Wildman–Crippen LogP) is 5.08. The molecular weight excluding hydrogens is 411 g/mol. The number of nitrogens with zero attached hydrogens (tertiary/aromatic N) is 2. The number of hydrogen-bond donors (Lipinski definition) is 0. The number of rotatable bonds is 5. The van der Waals surface area contributed by atoms with Crippen molar-refractivity contribution in [3.63, 3.8) is 0 Å². The van der Waals surface area contributed by atoms with E-state index in [0.717, 1.165) is 0 Å². The average Bonchev–Trinajstić information content (AvgIpc) is 3.43. The van der Waals surface area contributed by atoms with Crippen molar-refractivity contribution in [2.75, 3.05) is 14.2 Å². The molecule has 0 radical (unpaired) electrons. The lowest BCUT2D eigenvalue weighted by Gasteiger charge is -2.22. The number of amides is 1. The molecule has 30 heavy (non-hydrogen) atoms. The molecule has 0 N–H and O–H groups in total. The van der Waals surface area contributed by atoms with E-state index in [1.165, 1.54) is 36.6 Å². The van der Waals surface area contributed by atoms with Crippen LogP contribution < -0.4 is 9.47 Å². The predicted molar refractivity (Wildman–Crippen MR) is 110 cm³/mol. The van der Waals surface area contributed by atoms with Gasteiger partial charge in [0, 0.05) is 22.6 Å². The molecule has 0 spiro atoms. The van der Waals surface area contributed by atoms with Gasteiger partial charge in [-0.15, -0.1) is 0 Å². The monoisotopic (exact) mass is 428 g/mol. The Morgan fingerprint density at radius 1 is 1.20 bits per heavy atom. The summed E-state index contributed by atoms with van der Waals surface area (Å²) in [6, 6.07) is 12.1. The van der Waals surface area contributed by atoms with Gasteiger partial charge < -0.3 is 13.9 Å². The minimum absolute atomic E-state index is 0.0927. The van der Waals surface area contributed by atoms with Crippen molar-refractivity contribution >= 4 is 23.2 Å². The van der Waals surface area contributed by atoms with Gasteiger partial charge in [-0.3, -0.25) is 4.79 Å². The number of halogens is 2. The summed E-state index contributed by atoms with van der Waals surface area (Å²) in [5, 5.41) is 5.94. The topological polar surface area (TPSA) is 64.3 Å². The molecule has 4 rings (SSSR count). The van der Waals surface area contributed by atoms with Gasteiger partial charge in [0.15, 0.2) is 5.76 Å². The van der Waals surface area contributed by atoms with Gasteiger partial charge in [-0.2, -0.15) is 5.10 Å². The standard InChI is InChI=1S/C22H18ClFN2O4/c1-28-13-8-9-19(29-2)14(11-13)17-12-18(21-15(23)5-3-6-16(21)24)26(25-17)22(27)20-7-4-10-30-20/h3-11,18H,12H2,1-2H3/t18-/m0/s1. The average molecular weight is 429 g/mol. The fourth-order valence-corrected chi connectivity index (χ4v) is 3.76. The van der Waals surface area contributed by atoms with Crippen molar-refractivity contribution in [2.45, 2.75) is 12.5 Å². The molecule has 1 atom stereocenters. The maximum atomic E-state index is 14.7. The van der Waals surface area contributed by atoms with Gasteiger partial charge in [-0.1, -0.05) is 17.7 Å². The first-order chi connectivity index (χ1) is 14.5. The lowest BCUT2D eigenvalue weighted by molar-refractivity contribution is 0.0676. The molecule has 1 amide bonds. The van der Waals surface area contributed by atoms with Crippen LogP contribution in [-0.4, -0.2) is 30.8 Å². The van der Waals surface area contributed by atoms with E-state index in [0.29, 0.717) is 22.8 Å². The van der Waals surface area contributed by atoms with Crippen LogP contribution in [0.15, 0.2) is 64.3 Å². The van der Waals surface area contributed by atoms with E-state index in [9.17, 15) is 9.18 Å². The summed E-state index contributed by atoms with van der Waals surface area (Å²) in [5.41, 5.74) is 1.37. The summed E-state index contributed by atoms with van der Waals surface area (Å²) in [6.45, 7) is 0. The first kappa shape index (κ1) is 20.0. The van der Waals surface area contributed by atoms with E-state index in [1.807, 2.05) is 0 Å². The minimum Gasteiger partial charge on any atom is -0.497 e. The molecule has 1 aromatic heterocycles. The zero-order chi connectivity index (χ0) is 21.3. The second-order valence-corrected chi connectivity index (χ2v) is 7.00. The lowest BCUT2D eigenvalue weighted by Crippen LogP contribution is -2.27. The summed E-state index contributed by atoms with van der Waals surface area (Å²) >= 11 is 6.31. The molecule has 6 nitrogen and oxygen atoms in total. The Kier molecular flexibility index (Phi) is 5.46. The number of ether oxygens (including phenoxy) is 2. The number of carbonyl (C=O) groups is 1. The molecule has 3 aromatic rings. The number of benzene rings is 2. The van der Waals surface area contributed by atoms with E-state index in [-0.39, 0.29) is 22.8 Å². The highest BCUT2D eigenvalue weighted by Gasteiger charge is 2.38. The van der Waals surface area contributed by atoms with Crippen molar-refractivity contribution in [2.24, 2.45) is 5.10 Å². The zero-order valence-electron chi connectivity index (χ0n) is 16.3. The van der Waals surface area contributed by atoms with Crippen molar-refractivity contribution in [3.05, 3.63) is 82.5 Å². The molecule has 2 aromatic carbocycles. The minimum atomic E-state index is -0.748. The van der Waals surface area contributed by atoms with E-state index >= 15 is 0 Å². The number of hydrogen-bond acceptors (Lipinski definition) is 5. The normalized spacial score (nSPS) is 15.8. The molecule has 8 heteroatoms. The number of furan rings is 1. The highest BCUT2D eigenvalue weighted by Crippen LogP contribution is 2.40. The Morgan fingerprint density at radius 3 is 2.70 bits per heavy atom. The van der Waals surface area contributed by atoms with Crippen molar-refractivity contribution < 1.29 is 23.1 Å². The maximum absolute atomic E-state index is 14.7. The second kappa shape index (κ2) is 8.20. The Morgan fingerprint density at radius 2 is 2.03 bits per heavy atom. The van der Waals surface area contributed by atoms with Gasteiger partial charge in [0.2, 0.25) is 0 Å². The SMILES string of the molecule is COc1ccc(OC)c(C2=NN(C(=O)c3ccco3)[C@H](c3c(F)cccc3Cl)C2)c1. The Hall–Kier alpha value is -3.32. The van der Waals surface area contributed by atoms with Crippen LogP contribution in [0.2, 0.25) is 5.02 Å². The fraction of sp³-hybridized carbons (Fsp3) is 0.182. The van der Waals surface area contributed by atoms with E-state index in [2.05, 4.69) is 5.10 Å². The lowest BCUT2D eigenvalue weighted by atomic mass is 9.97. The Bertz CT molecular complexity index is 1090. The third kappa shape index (κ3) is 3.52. The highest BCUT2D eigenvalue weighted by atomic mass is 35.5. The molecule has 1 aliphatic rings. The molecule has 0 fully saturated rings. The first-order valence-corrected chi connectivity index (χ1v) is 9.52. The van der Waals surface area contributed by atoms with Crippen molar-refractivity contribution in [1.82, 2.24) is 5.01 Å². The largest absolute Gasteiger partial charge is 0.497 e. The van der Waals surface area contributed by atoms with Gasteiger partial charge in [-0.05, 0) is 42.5 Å². The summed E-state index contributed by atoms with van der Waals surface area (Å²) < 4.78 is 30.7. The van der Waals surface area contributed by atoms with Gasteiger partial charge in [0.05, 0.1) is 32.2 Å². The van der Waals surface area contributed by atoms with Crippen LogP contribution in [0.1, 0.15) is 34.1 Å². The first-order valence-electron chi connectivity index (χ1n) is 9.14. The van der Waals surface area contributed by atoms with Crippen LogP contribution in [0.3, 0.4) is 0 Å². The second-order valence-electron chi connectivity index (χ2n) is 6.60. The molecule has 154 valence electrons. The molecule has 0 saturated heterocycles. The van der Waals surface area contributed by atoms with Crippen LogP contribution in [0.25, 0.3) is 0 Å². The van der Waals surface area contributed by atoms with Crippen LogP contribution in [0.4, 0.5) is 4.39 Å².